The van der Waals surface area contributed by atoms with E-state index in [9.17, 15) is 18.0 Å². The molecule has 0 saturated heterocycles. The summed E-state index contributed by atoms with van der Waals surface area (Å²) in [7, 11) is -3.36. The Balaban J connectivity index is 2.54. The predicted octanol–water partition coefficient (Wildman–Crippen LogP) is 0.679. The number of hydrogen-bond donors (Lipinski definition) is 2. The van der Waals surface area contributed by atoms with Crippen LogP contribution in [0.5, 0.6) is 0 Å². The molecule has 104 valence electrons. The summed E-state index contributed by atoms with van der Waals surface area (Å²) in [6.07, 6.45) is 2.54. The summed E-state index contributed by atoms with van der Waals surface area (Å²) in [6, 6.07) is 2.72. The SMILES string of the molecule is CS(=O)(=O)c1ccc(NC(=O)CCCC(=O)O)cn1. The Labute approximate surface area is 110 Å². The third-order valence-corrected chi connectivity index (χ3v) is 3.20. The van der Waals surface area contributed by atoms with E-state index in [1.165, 1.54) is 18.3 Å². The van der Waals surface area contributed by atoms with Crippen LogP contribution in [-0.4, -0.2) is 36.6 Å². The maximum Gasteiger partial charge on any atom is 0.303 e. The van der Waals surface area contributed by atoms with E-state index in [1.807, 2.05) is 0 Å². The van der Waals surface area contributed by atoms with Gasteiger partial charge in [0, 0.05) is 19.1 Å². The van der Waals surface area contributed by atoms with Gasteiger partial charge in [-0.25, -0.2) is 13.4 Å². The Morgan fingerprint density at radius 3 is 2.47 bits per heavy atom. The highest BCUT2D eigenvalue weighted by Crippen LogP contribution is 2.11. The molecule has 2 N–H and O–H groups in total. The zero-order valence-corrected chi connectivity index (χ0v) is 11.1. The summed E-state index contributed by atoms with van der Waals surface area (Å²) < 4.78 is 22.3. The molecule has 1 heterocycles. The minimum absolute atomic E-state index is 0.0707. The van der Waals surface area contributed by atoms with Crippen molar-refractivity contribution in [2.24, 2.45) is 0 Å². The molecule has 1 aromatic rings. The molecule has 0 saturated carbocycles. The molecule has 0 radical (unpaired) electrons. The van der Waals surface area contributed by atoms with Crippen molar-refractivity contribution in [2.75, 3.05) is 11.6 Å². The zero-order chi connectivity index (χ0) is 14.5. The topological polar surface area (TPSA) is 113 Å². The van der Waals surface area contributed by atoms with E-state index in [1.54, 1.807) is 0 Å². The van der Waals surface area contributed by atoms with Gasteiger partial charge in [0.25, 0.3) is 0 Å². The second kappa shape index (κ2) is 6.28. The minimum atomic E-state index is -3.36. The molecule has 1 rings (SSSR count). The Morgan fingerprint density at radius 2 is 2.00 bits per heavy atom. The molecule has 0 aromatic carbocycles. The van der Waals surface area contributed by atoms with Crippen LogP contribution in [-0.2, 0) is 19.4 Å². The van der Waals surface area contributed by atoms with E-state index in [0.717, 1.165) is 6.26 Å². The van der Waals surface area contributed by atoms with Gasteiger partial charge in [-0.15, -0.1) is 0 Å². The van der Waals surface area contributed by atoms with Crippen molar-refractivity contribution in [3.63, 3.8) is 0 Å². The molecule has 0 fully saturated rings. The van der Waals surface area contributed by atoms with Crippen LogP contribution in [0.2, 0.25) is 0 Å². The van der Waals surface area contributed by atoms with Crippen LogP contribution in [0.3, 0.4) is 0 Å². The minimum Gasteiger partial charge on any atom is -0.481 e. The van der Waals surface area contributed by atoms with E-state index in [2.05, 4.69) is 10.3 Å². The molecule has 19 heavy (non-hydrogen) atoms. The van der Waals surface area contributed by atoms with Crippen LogP contribution in [0.15, 0.2) is 23.4 Å². The van der Waals surface area contributed by atoms with Gasteiger partial charge in [-0.1, -0.05) is 0 Å². The number of carboxylic acid groups (broad SMARTS) is 1. The molecule has 0 bridgehead atoms. The van der Waals surface area contributed by atoms with Gasteiger partial charge in [-0.3, -0.25) is 9.59 Å². The molecular weight excluding hydrogens is 272 g/mol. The van der Waals surface area contributed by atoms with Gasteiger partial charge in [-0.2, -0.15) is 0 Å². The lowest BCUT2D eigenvalue weighted by molar-refractivity contribution is -0.137. The molecule has 8 heteroatoms. The number of sulfone groups is 1. The average Bonchev–Trinajstić information content (AvgIpc) is 2.27. The summed E-state index contributed by atoms with van der Waals surface area (Å²) in [5, 5.41) is 10.9. The summed E-state index contributed by atoms with van der Waals surface area (Å²) >= 11 is 0. The highest BCUT2D eigenvalue weighted by atomic mass is 32.2. The van der Waals surface area contributed by atoms with E-state index < -0.39 is 15.8 Å². The molecule has 0 unspecified atom stereocenters. The van der Waals surface area contributed by atoms with Crippen LogP contribution in [0.1, 0.15) is 19.3 Å². The largest absolute Gasteiger partial charge is 0.481 e. The zero-order valence-electron chi connectivity index (χ0n) is 10.3. The van der Waals surface area contributed by atoms with Gasteiger partial charge in [0.2, 0.25) is 5.91 Å². The molecule has 0 atom stereocenters. The standard InChI is InChI=1S/C11H14N2O5S/c1-19(17,18)10-6-5-8(7-12-10)13-9(14)3-2-4-11(15)16/h5-7H,2-4H2,1H3,(H,13,14)(H,15,16). The van der Waals surface area contributed by atoms with Gasteiger partial charge in [0.1, 0.15) is 0 Å². The van der Waals surface area contributed by atoms with Crippen molar-refractivity contribution in [1.82, 2.24) is 4.98 Å². The Hall–Kier alpha value is -1.96. The first kappa shape index (κ1) is 15.1. The summed E-state index contributed by atoms with van der Waals surface area (Å²) in [5.41, 5.74) is 0.368. The van der Waals surface area contributed by atoms with Crippen LogP contribution in [0.4, 0.5) is 5.69 Å². The second-order valence-electron chi connectivity index (χ2n) is 3.95. The van der Waals surface area contributed by atoms with Crippen molar-refractivity contribution in [1.29, 1.82) is 0 Å². The van der Waals surface area contributed by atoms with Crippen LogP contribution < -0.4 is 5.32 Å². The highest BCUT2D eigenvalue weighted by Gasteiger charge is 2.09. The summed E-state index contributed by atoms with van der Waals surface area (Å²) in [5.74, 6) is -1.29. The predicted molar refractivity (Wildman–Crippen MR) is 67.5 cm³/mol. The van der Waals surface area contributed by atoms with Crippen molar-refractivity contribution >= 4 is 27.4 Å². The fourth-order valence-electron chi connectivity index (χ4n) is 1.30. The number of anilines is 1. The summed E-state index contributed by atoms with van der Waals surface area (Å²) in [4.78, 5) is 25.4. The fraction of sp³-hybridized carbons (Fsp3) is 0.364. The highest BCUT2D eigenvalue weighted by molar-refractivity contribution is 7.90. The lowest BCUT2D eigenvalue weighted by atomic mass is 10.2. The lowest BCUT2D eigenvalue weighted by Gasteiger charge is -2.04. The van der Waals surface area contributed by atoms with E-state index >= 15 is 0 Å². The Bertz CT molecular complexity index is 565. The normalized spacial score (nSPS) is 11.0. The van der Waals surface area contributed by atoms with E-state index in [4.69, 9.17) is 5.11 Å². The van der Waals surface area contributed by atoms with Crippen molar-refractivity contribution in [3.8, 4) is 0 Å². The summed E-state index contributed by atoms with van der Waals surface area (Å²) in [6.45, 7) is 0. The first-order valence-corrected chi connectivity index (χ1v) is 7.36. The monoisotopic (exact) mass is 286 g/mol. The number of pyridine rings is 1. The molecule has 1 amide bonds. The van der Waals surface area contributed by atoms with Crippen LogP contribution >= 0.6 is 0 Å². The van der Waals surface area contributed by atoms with Crippen molar-refractivity contribution < 1.29 is 23.1 Å². The van der Waals surface area contributed by atoms with Gasteiger partial charge < -0.3 is 10.4 Å². The Morgan fingerprint density at radius 1 is 1.32 bits per heavy atom. The number of carboxylic acids is 1. The number of rotatable bonds is 6. The number of nitrogens with one attached hydrogen (secondary N) is 1. The number of amides is 1. The molecule has 7 nitrogen and oxygen atoms in total. The van der Waals surface area contributed by atoms with Gasteiger partial charge in [-0.05, 0) is 18.6 Å². The quantitative estimate of drug-likeness (QED) is 0.795. The number of nitrogens with zero attached hydrogens (tertiary/aromatic N) is 1. The smallest absolute Gasteiger partial charge is 0.303 e. The lowest BCUT2D eigenvalue weighted by Crippen LogP contribution is -2.12. The molecule has 0 aliphatic rings. The maximum absolute atomic E-state index is 11.4. The first-order chi connectivity index (χ1) is 8.79. The van der Waals surface area contributed by atoms with Crippen LogP contribution in [0, 0.1) is 0 Å². The number of hydrogen-bond acceptors (Lipinski definition) is 5. The van der Waals surface area contributed by atoms with Gasteiger partial charge in [0.15, 0.2) is 14.9 Å². The molecular formula is C11H14N2O5S. The van der Waals surface area contributed by atoms with E-state index in [0.29, 0.717) is 5.69 Å². The van der Waals surface area contributed by atoms with Gasteiger partial charge in [0.05, 0.1) is 11.9 Å². The number of carbonyl (C=O) groups is 2. The fourth-order valence-corrected chi connectivity index (χ4v) is 1.86. The van der Waals surface area contributed by atoms with Gasteiger partial charge >= 0.3 is 5.97 Å². The number of aliphatic carboxylic acids is 1. The first-order valence-electron chi connectivity index (χ1n) is 5.47. The number of aromatic nitrogens is 1. The number of carbonyl (C=O) groups excluding carboxylic acids is 1. The molecule has 1 aromatic heterocycles. The maximum atomic E-state index is 11.4. The average molecular weight is 286 g/mol. The molecule has 0 spiro atoms. The van der Waals surface area contributed by atoms with E-state index in [-0.39, 0.29) is 30.2 Å². The third kappa shape index (κ3) is 5.47. The van der Waals surface area contributed by atoms with Crippen LogP contribution in [0.25, 0.3) is 0 Å². The van der Waals surface area contributed by atoms with Crippen molar-refractivity contribution in [2.45, 2.75) is 24.3 Å². The second-order valence-corrected chi connectivity index (χ2v) is 5.92. The van der Waals surface area contributed by atoms with Crippen molar-refractivity contribution in [3.05, 3.63) is 18.3 Å². The third-order valence-electron chi connectivity index (χ3n) is 2.19. The molecule has 0 aliphatic carbocycles. The Kier molecular flexibility index (Phi) is 4.99. The molecule has 0 aliphatic heterocycles.